The van der Waals surface area contributed by atoms with Gasteiger partial charge in [-0.2, -0.15) is 0 Å². The Morgan fingerprint density at radius 1 is 0.980 bits per heavy atom. The minimum atomic E-state index is -2.04. The summed E-state index contributed by atoms with van der Waals surface area (Å²) in [4.78, 5) is 35.4. The Morgan fingerprint density at radius 3 is 2.41 bits per heavy atom. The fourth-order valence-corrected chi connectivity index (χ4v) is 5.98. The number of benzene rings is 4. The van der Waals surface area contributed by atoms with Crippen LogP contribution in [0.5, 0.6) is 5.75 Å². The molecule has 3 heterocycles. The number of ether oxygens (including phenoxy) is 1. The van der Waals surface area contributed by atoms with Crippen LogP contribution in [-0.4, -0.2) is 40.0 Å². The van der Waals surface area contributed by atoms with E-state index in [0.29, 0.717) is 28.6 Å². The number of carbonyl (C=O) groups excluding carboxylic acids is 2. The van der Waals surface area contributed by atoms with Crippen LogP contribution in [0.2, 0.25) is 5.02 Å². The molecule has 12 heteroatoms. The minimum absolute atomic E-state index is 0.0290. The van der Waals surface area contributed by atoms with Crippen LogP contribution in [0.15, 0.2) is 101 Å². The Morgan fingerprint density at radius 2 is 1.69 bits per heavy atom. The Balaban J connectivity index is 1.30. The highest BCUT2D eigenvalue weighted by Gasteiger charge is 2.46. The molecule has 9 nitrogen and oxygen atoms in total. The second-order valence-corrected chi connectivity index (χ2v) is 12.3. The maximum Gasteiger partial charge on any atom is 0.251 e. The molecule has 0 fully saturated rings. The second-order valence-electron chi connectivity index (χ2n) is 11.9. The van der Waals surface area contributed by atoms with Crippen molar-refractivity contribution in [2.75, 3.05) is 13.2 Å². The molecule has 6 aromatic rings. The van der Waals surface area contributed by atoms with Gasteiger partial charge in [0.25, 0.3) is 5.91 Å². The Bertz CT molecular complexity index is 2270. The number of hydrogen-bond acceptors (Lipinski definition) is 7. The molecule has 0 radical (unpaired) electrons. The molecule has 4 aromatic carbocycles. The van der Waals surface area contributed by atoms with Crippen LogP contribution in [0.25, 0.3) is 33.8 Å². The quantitative estimate of drug-likeness (QED) is 0.161. The van der Waals surface area contributed by atoms with E-state index in [4.69, 9.17) is 26.5 Å². The van der Waals surface area contributed by atoms with E-state index in [1.54, 1.807) is 55.5 Å². The van der Waals surface area contributed by atoms with Crippen LogP contribution in [0.4, 0.5) is 8.78 Å². The average molecular weight is 681 g/mol. The molecular weight excluding hydrogens is 654 g/mol. The van der Waals surface area contributed by atoms with Crippen LogP contribution >= 0.6 is 11.6 Å². The molecular formula is C37H27ClF2N4O5. The maximum absolute atomic E-state index is 15.3. The Hall–Kier alpha value is -5.65. The molecule has 1 aliphatic heterocycles. The van der Waals surface area contributed by atoms with Gasteiger partial charge in [0.2, 0.25) is 11.8 Å². The number of aromatic nitrogens is 2. The second kappa shape index (κ2) is 12.1. The van der Waals surface area contributed by atoms with Crippen molar-refractivity contribution in [2.45, 2.75) is 17.9 Å². The zero-order valence-corrected chi connectivity index (χ0v) is 26.6. The van der Waals surface area contributed by atoms with E-state index in [2.05, 4.69) is 15.3 Å². The Labute approximate surface area is 283 Å². The summed E-state index contributed by atoms with van der Waals surface area (Å²) in [5.41, 5.74) is 4.44. The van der Waals surface area contributed by atoms with Gasteiger partial charge in [-0.25, -0.2) is 18.7 Å². The van der Waals surface area contributed by atoms with E-state index in [9.17, 15) is 19.1 Å². The molecule has 7 rings (SSSR count). The first kappa shape index (κ1) is 31.9. The predicted molar refractivity (Wildman–Crippen MR) is 178 cm³/mol. The third kappa shape index (κ3) is 5.56. The number of hydrogen-bond donors (Lipinski definition) is 3. The molecule has 1 aliphatic rings. The standard InChI is InChI=1S/C37H27ClF2N4O5/c1-36(35(41)46)19-48-32-24(36)16-30(44-31(32)23-15-25(38)27(40)17-26(23)39)37(47,22-10-6-3-7-11-22)18-42-33(45)21-12-13-28-29(14-21)49-34(43-28)20-8-4-2-5-9-20/h2-17,47H,18-19H2,1H3,(H2,41,46)(H,42,45)/t36-,37+/m0/s1. The number of nitrogens with two attached hydrogens (primary N) is 1. The summed E-state index contributed by atoms with van der Waals surface area (Å²) >= 11 is 6.04. The molecule has 0 spiro atoms. The van der Waals surface area contributed by atoms with E-state index in [-0.39, 0.29) is 45.5 Å². The first-order valence-electron chi connectivity index (χ1n) is 15.1. The van der Waals surface area contributed by atoms with Gasteiger partial charge in [0.1, 0.15) is 46.2 Å². The number of oxazole rings is 1. The summed E-state index contributed by atoms with van der Waals surface area (Å²) in [5, 5.41) is 14.9. The van der Waals surface area contributed by atoms with Crippen molar-refractivity contribution in [2.24, 2.45) is 5.73 Å². The van der Waals surface area contributed by atoms with Gasteiger partial charge in [-0.3, -0.25) is 9.59 Å². The van der Waals surface area contributed by atoms with Crippen molar-refractivity contribution in [1.82, 2.24) is 15.3 Å². The molecule has 0 aliphatic carbocycles. The number of primary amides is 1. The van der Waals surface area contributed by atoms with E-state index in [1.807, 2.05) is 30.3 Å². The third-order valence-corrected chi connectivity index (χ3v) is 9.02. The van der Waals surface area contributed by atoms with Crippen molar-refractivity contribution in [3.05, 3.63) is 136 Å². The zero-order valence-electron chi connectivity index (χ0n) is 25.8. The third-order valence-electron chi connectivity index (χ3n) is 8.73. The van der Waals surface area contributed by atoms with Crippen LogP contribution in [0, 0.1) is 11.6 Å². The normalized spacial score (nSPS) is 16.5. The zero-order chi connectivity index (χ0) is 34.5. The van der Waals surface area contributed by atoms with Crippen molar-refractivity contribution in [1.29, 1.82) is 0 Å². The van der Waals surface area contributed by atoms with Crippen molar-refractivity contribution < 1.29 is 32.6 Å². The van der Waals surface area contributed by atoms with Gasteiger partial charge in [0, 0.05) is 28.3 Å². The topological polar surface area (TPSA) is 141 Å². The highest BCUT2D eigenvalue weighted by Crippen LogP contribution is 2.47. The summed E-state index contributed by atoms with van der Waals surface area (Å²) in [6.07, 6.45) is 0. The SMILES string of the molecule is C[C@]1(C(N)=O)COc2c1cc([C@@](O)(CNC(=O)c1ccc3nc(-c4ccccc4)oc3c1)c1ccccc1)nc2-c1cc(Cl)c(F)cc1F. The van der Waals surface area contributed by atoms with E-state index < -0.39 is 41.0 Å². The summed E-state index contributed by atoms with van der Waals surface area (Å²) in [7, 11) is 0. The Kier molecular flexibility index (Phi) is 7.89. The number of nitrogens with zero attached hydrogens (tertiary/aromatic N) is 2. The number of fused-ring (bicyclic) bond motifs is 2. The number of halogens is 3. The smallest absolute Gasteiger partial charge is 0.251 e. The molecule has 0 unspecified atom stereocenters. The van der Waals surface area contributed by atoms with Gasteiger partial charge in [0.05, 0.1) is 17.3 Å². The van der Waals surface area contributed by atoms with Crippen LogP contribution in [-0.2, 0) is 15.8 Å². The van der Waals surface area contributed by atoms with Crippen LogP contribution in [0.3, 0.4) is 0 Å². The van der Waals surface area contributed by atoms with Crippen molar-refractivity contribution in [3.63, 3.8) is 0 Å². The number of pyridine rings is 1. The minimum Gasteiger partial charge on any atom is -0.489 e. The number of nitrogens with one attached hydrogen (secondary N) is 1. The number of aliphatic hydroxyl groups is 1. The molecule has 2 aromatic heterocycles. The molecule has 2 atom stereocenters. The fourth-order valence-electron chi connectivity index (χ4n) is 5.82. The molecule has 0 saturated carbocycles. The highest BCUT2D eigenvalue weighted by molar-refractivity contribution is 6.31. The lowest BCUT2D eigenvalue weighted by Gasteiger charge is -2.30. The fraction of sp³-hybridized carbons (Fsp3) is 0.135. The van der Waals surface area contributed by atoms with Crippen LogP contribution in [0.1, 0.15) is 34.1 Å². The first-order valence-corrected chi connectivity index (χ1v) is 15.5. The molecule has 246 valence electrons. The van der Waals surface area contributed by atoms with Gasteiger partial charge < -0.3 is 25.3 Å². The predicted octanol–water partition coefficient (Wildman–Crippen LogP) is 6.29. The lowest BCUT2D eigenvalue weighted by atomic mass is 9.80. The van der Waals surface area contributed by atoms with Gasteiger partial charge in [0.15, 0.2) is 5.58 Å². The van der Waals surface area contributed by atoms with Gasteiger partial charge in [-0.1, -0.05) is 60.1 Å². The lowest BCUT2D eigenvalue weighted by Crippen LogP contribution is -2.43. The largest absolute Gasteiger partial charge is 0.489 e. The van der Waals surface area contributed by atoms with Crippen LogP contribution < -0.4 is 15.8 Å². The highest BCUT2D eigenvalue weighted by atomic mass is 35.5. The van der Waals surface area contributed by atoms with E-state index in [0.717, 1.165) is 11.6 Å². The van der Waals surface area contributed by atoms with Crippen molar-refractivity contribution in [3.8, 4) is 28.5 Å². The first-order chi connectivity index (χ1) is 23.5. The van der Waals surface area contributed by atoms with Gasteiger partial charge in [-0.15, -0.1) is 0 Å². The molecule has 4 N–H and O–H groups in total. The summed E-state index contributed by atoms with van der Waals surface area (Å²) in [5.74, 6) is -2.84. The summed E-state index contributed by atoms with van der Waals surface area (Å²) in [6.45, 7) is 0.948. The van der Waals surface area contributed by atoms with Gasteiger partial charge >= 0.3 is 0 Å². The van der Waals surface area contributed by atoms with E-state index in [1.165, 1.54) is 6.07 Å². The average Bonchev–Trinajstić information content (AvgIpc) is 3.70. The summed E-state index contributed by atoms with van der Waals surface area (Å²) in [6, 6.07) is 25.6. The van der Waals surface area contributed by atoms with E-state index >= 15 is 4.39 Å². The van der Waals surface area contributed by atoms with Gasteiger partial charge in [-0.05, 0) is 55.0 Å². The molecule has 2 amide bonds. The molecule has 0 bridgehead atoms. The number of carbonyl (C=O) groups is 2. The maximum atomic E-state index is 15.3. The summed E-state index contributed by atoms with van der Waals surface area (Å²) < 4.78 is 41.3. The lowest BCUT2D eigenvalue weighted by molar-refractivity contribution is -0.123. The number of rotatable bonds is 8. The van der Waals surface area contributed by atoms with Crippen molar-refractivity contribution >= 4 is 34.5 Å². The number of amides is 2. The molecule has 49 heavy (non-hydrogen) atoms. The molecule has 0 saturated heterocycles. The monoisotopic (exact) mass is 680 g/mol.